The van der Waals surface area contributed by atoms with Crippen LogP contribution in [0, 0.1) is 10.1 Å². The van der Waals surface area contributed by atoms with Crippen LogP contribution >= 0.6 is 0 Å². The van der Waals surface area contributed by atoms with Gasteiger partial charge in [0.25, 0.3) is 5.69 Å². The van der Waals surface area contributed by atoms with E-state index < -0.39 is 4.92 Å². The van der Waals surface area contributed by atoms with Crippen LogP contribution in [0.25, 0.3) is 0 Å². The molecule has 0 radical (unpaired) electrons. The molecule has 0 aliphatic heterocycles. The molecule has 1 aromatic carbocycles. The monoisotopic (exact) mass is 417 g/mol. The van der Waals surface area contributed by atoms with Crippen LogP contribution in [0.2, 0.25) is 0 Å². The molecular formula is C25H43N3O2. The molecule has 0 aliphatic carbocycles. The lowest BCUT2D eigenvalue weighted by molar-refractivity contribution is -0.384. The normalized spacial score (nSPS) is 11.7. The zero-order valence-electron chi connectivity index (χ0n) is 19.1. The fraction of sp³-hybridized carbons (Fsp3) is 0.720. The topological polar surface area (TPSA) is 81.5 Å². The Balaban J connectivity index is 1.92. The van der Waals surface area contributed by atoms with E-state index in [0.717, 1.165) is 6.42 Å². The van der Waals surface area contributed by atoms with Gasteiger partial charge in [0.2, 0.25) is 0 Å². The minimum absolute atomic E-state index is 0.0491. The summed E-state index contributed by atoms with van der Waals surface area (Å²) in [5.41, 5.74) is 6.63. The predicted octanol–water partition coefficient (Wildman–Crippen LogP) is 7.56. The molecule has 0 aliphatic rings. The van der Waals surface area contributed by atoms with E-state index in [9.17, 15) is 10.1 Å². The number of aliphatic imine (C=N–C) groups is 1. The van der Waals surface area contributed by atoms with Gasteiger partial charge in [-0.05, 0) is 6.42 Å². The van der Waals surface area contributed by atoms with E-state index >= 15 is 0 Å². The van der Waals surface area contributed by atoms with Gasteiger partial charge < -0.3 is 5.73 Å². The van der Waals surface area contributed by atoms with Crippen LogP contribution in [0.3, 0.4) is 0 Å². The number of unbranched alkanes of at least 4 members (excludes halogenated alkanes) is 15. The Morgan fingerprint density at radius 1 is 0.833 bits per heavy atom. The highest BCUT2D eigenvalue weighted by Crippen LogP contribution is 2.14. The van der Waals surface area contributed by atoms with E-state index in [2.05, 4.69) is 11.9 Å². The molecule has 0 aromatic heterocycles. The number of nitro groups is 1. The summed E-state index contributed by atoms with van der Waals surface area (Å²) in [5, 5.41) is 10.8. The Labute approximate surface area is 183 Å². The minimum atomic E-state index is -0.410. The molecule has 0 heterocycles. The second-order valence-corrected chi connectivity index (χ2v) is 8.38. The van der Waals surface area contributed by atoms with Crippen LogP contribution in [0.1, 0.15) is 115 Å². The number of nitrogens with two attached hydrogens (primary N) is 1. The van der Waals surface area contributed by atoms with Gasteiger partial charge in [0, 0.05) is 24.2 Å². The molecule has 2 N–H and O–H groups in total. The number of hydrogen-bond acceptors (Lipinski definition) is 3. The third-order valence-electron chi connectivity index (χ3n) is 5.65. The number of non-ortho nitro benzene ring substituents is 1. The number of nitrogens with zero attached hydrogens (tertiary/aromatic N) is 2. The highest BCUT2D eigenvalue weighted by molar-refractivity contribution is 5.97. The molecular weight excluding hydrogens is 374 g/mol. The Morgan fingerprint density at radius 3 is 1.77 bits per heavy atom. The summed E-state index contributed by atoms with van der Waals surface area (Å²) in [6.45, 7) is 2.96. The molecule has 170 valence electrons. The first-order valence-electron chi connectivity index (χ1n) is 12.2. The molecule has 5 heteroatoms. The average molecular weight is 418 g/mol. The SMILES string of the molecule is CCCCCCCCCCCCCCCCCCN=C(N)c1cccc([N+](=O)[O-])c1. The van der Waals surface area contributed by atoms with E-state index in [4.69, 9.17) is 5.73 Å². The molecule has 1 aromatic rings. The Kier molecular flexibility index (Phi) is 15.6. The van der Waals surface area contributed by atoms with Gasteiger partial charge in [-0.3, -0.25) is 15.1 Å². The Hall–Kier alpha value is -1.91. The standard InChI is InChI=1S/C25H43N3O2/c1-2-3-4-5-6-7-8-9-10-11-12-13-14-15-16-17-21-27-25(26)23-19-18-20-24(22-23)28(29)30/h18-20,22H,2-17,21H2,1H3,(H2,26,27). The first kappa shape index (κ1) is 26.1. The Morgan fingerprint density at radius 2 is 1.30 bits per heavy atom. The second kappa shape index (κ2) is 17.9. The summed E-state index contributed by atoms with van der Waals surface area (Å²) in [6, 6.07) is 6.35. The average Bonchev–Trinajstić information content (AvgIpc) is 2.75. The molecule has 0 saturated carbocycles. The summed E-state index contributed by atoms with van der Waals surface area (Å²) in [7, 11) is 0. The van der Waals surface area contributed by atoms with E-state index in [0.29, 0.717) is 17.9 Å². The summed E-state index contributed by atoms with van der Waals surface area (Å²) >= 11 is 0. The van der Waals surface area contributed by atoms with Crippen LogP contribution in [0.5, 0.6) is 0 Å². The van der Waals surface area contributed by atoms with E-state index in [1.807, 2.05) is 0 Å². The van der Waals surface area contributed by atoms with Crippen molar-refractivity contribution in [1.82, 2.24) is 0 Å². The molecule has 0 atom stereocenters. The summed E-state index contributed by atoms with van der Waals surface area (Å²) in [6.07, 6.45) is 21.6. The van der Waals surface area contributed by atoms with Gasteiger partial charge >= 0.3 is 0 Å². The molecule has 0 amide bonds. The lowest BCUT2D eigenvalue weighted by Crippen LogP contribution is -2.14. The van der Waals surface area contributed by atoms with E-state index in [1.54, 1.807) is 12.1 Å². The van der Waals surface area contributed by atoms with Crippen LogP contribution in [-0.4, -0.2) is 17.3 Å². The number of benzene rings is 1. The van der Waals surface area contributed by atoms with Gasteiger partial charge in [0.15, 0.2) is 0 Å². The molecule has 30 heavy (non-hydrogen) atoms. The van der Waals surface area contributed by atoms with Crippen molar-refractivity contribution in [2.75, 3.05) is 6.54 Å². The molecule has 0 unspecified atom stereocenters. The lowest BCUT2D eigenvalue weighted by atomic mass is 10.0. The van der Waals surface area contributed by atoms with Crippen molar-refractivity contribution in [2.24, 2.45) is 10.7 Å². The zero-order valence-corrected chi connectivity index (χ0v) is 19.1. The predicted molar refractivity (Wildman–Crippen MR) is 128 cm³/mol. The van der Waals surface area contributed by atoms with Gasteiger partial charge in [-0.1, -0.05) is 115 Å². The van der Waals surface area contributed by atoms with Crippen molar-refractivity contribution in [1.29, 1.82) is 0 Å². The minimum Gasteiger partial charge on any atom is -0.384 e. The summed E-state index contributed by atoms with van der Waals surface area (Å²) in [5.74, 6) is 0.389. The number of rotatable bonds is 19. The summed E-state index contributed by atoms with van der Waals surface area (Å²) in [4.78, 5) is 14.8. The lowest BCUT2D eigenvalue weighted by Gasteiger charge is -2.04. The third-order valence-corrected chi connectivity index (χ3v) is 5.65. The van der Waals surface area contributed by atoms with Crippen molar-refractivity contribution < 1.29 is 4.92 Å². The first-order chi connectivity index (χ1) is 14.6. The molecule has 0 bridgehead atoms. The van der Waals surface area contributed by atoms with Gasteiger partial charge in [-0.15, -0.1) is 0 Å². The van der Waals surface area contributed by atoms with Gasteiger partial charge in [0.05, 0.1) is 4.92 Å². The molecule has 0 spiro atoms. The van der Waals surface area contributed by atoms with Crippen molar-refractivity contribution in [3.05, 3.63) is 39.9 Å². The first-order valence-corrected chi connectivity index (χ1v) is 12.2. The van der Waals surface area contributed by atoms with Crippen molar-refractivity contribution in [3.8, 4) is 0 Å². The number of nitro benzene ring substituents is 1. The van der Waals surface area contributed by atoms with Crippen LogP contribution in [-0.2, 0) is 0 Å². The maximum absolute atomic E-state index is 10.8. The quantitative estimate of drug-likeness (QED) is 0.0828. The summed E-state index contributed by atoms with van der Waals surface area (Å²) < 4.78 is 0. The number of amidine groups is 1. The molecule has 5 nitrogen and oxygen atoms in total. The van der Waals surface area contributed by atoms with Crippen LogP contribution in [0.4, 0.5) is 5.69 Å². The second-order valence-electron chi connectivity index (χ2n) is 8.38. The van der Waals surface area contributed by atoms with Crippen molar-refractivity contribution in [3.63, 3.8) is 0 Å². The van der Waals surface area contributed by atoms with E-state index in [1.165, 1.54) is 108 Å². The molecule has 0 saturated heterocycles. The van der Waals surface area contributed by atoms with Crippen LogP contribution < -0.4 is 5.73 Å². The maximum atomic E-state index is 10.8. The van der Waals surface area contributed by atoms with Crippen LogP contribution in [0.15, 0.2) is 29.3 Å². The molecule has 0 fully saturated rings. The number of hydrogen-bond donors (Lipinski definition) is 1. The highest BCUT2D eigenvalue weighted by Gasteiger charge is 2.07. The fourth-order valence-electron chi connectivity index (χ4n) is 3.73. The Bertz CT molecular complexity index is 602. The largest absolute Gasteiger partial charge is 0.384 e. The smallest absolute Gasteiger partial charge is 0.270 e. The van der Waals surface area contributed by atoms with Gasteiger partial charge in [-0.25, -0.2) is 0 Å². The van der Waals surface area contributed by atoms with Gasteiger partial charge in [-0.2, -0.15) is 0 Å². The fourth-order valence-corrected chi connectivity index (χ4v) is 3.73. The van der Waals surface area contributed by atoms with Crippen molar-refractivity contribution in [2.45, 2.75) is 110 Å². The molecule has 1 rings (SSSR count). The third kappa shape index (κ3) is 13.3. The maximum Gasteiger partial charge on any atom is 0.270 e. The van der Waals surface area contributed by atoms with Crippen molar-refractivity contribution >= 4 is 11.5 Å². The van der Waals surface area contributed by atoms with Gasteiger partial charge in [0.1, 0.15) is 5.84 Å². The van der Waals surface area contributed by atoms with E-state index in [-0.39, 0.29) is 5.69 Å². The zero-order chi connectivity index (χ0) is 21.9. The highest BCUT2D eigenvalue weighted by atomic mass is 16.6.